The topological polar surface area (TPSA) is 58.0 Å². The quantitative estimate of drug-likeness (QED) is 0.741. The van der Waals surface area contributed by atoms with E-state index in [-0.39, 0.29) is 0 Å². The molecule has 3 heterocycles. The summed E-state index contributed by atoms with van der Waals surface area (Å²) in [4.78, 5) is 6.87. The average molecular weight is 236 g/mol. The van der Waals surface area contributed by atoms with Gasteiger partial charge in [-0.05, 0) is 20.3 Å². The van der Waals surface area contributed by atoms with Crippen LogP contribution in [-0.4, -0.2) is 47.0 Å². The van der Waals surface area contributed by atoms with Crippen molar-refractivity contribution >= 4 is 11.9 Å². The van der Waals surface area contributed by atoms with Gasteiger partial charge >= 0.3 is 0 Å². The first kappa shape index (κ1) is 10.8. The molecule has 6 nitrogen and oxygen atoms in total. The third-order valence-corrected chi connectivity index (χ3v) is 3.51. The van der Waals surface area contributed by atoms with E-state index in [1.807, 2.05) is 4.68 Å². The summed E-state index contributed by atoms with van der Waals surface area (Å²) in [5, 5.41) is 11.4. The number of nitrogens with one attached hydrogen (secondary N) is 2. The summed E-state index contributed by atoms with van der Waals surface area (Å²) in [6.45, 7) is 8.42. The van der Waals surface area contributed by atoms with Crippen molar-refractivity contribution < 1.29 is 0 Å². The molecule has 2 atom stereocenters. The Morgan fingerprint density at radius 3 is 2.76 bits per heavy atom. The normalized spacial score (nSPS) is 28.7. The van der Waals surface area contributed by atoms with Gasteiger partial charge < -0.3 is 15.5 Å². The van der Waals surface area contributed by atoms with E-state index < -0.39 is 0 Å². The van der Waals surface area contributed by atoms with Crippen LogP contribution in [0.4, 0.5) is 11.9 Å². The second kappa shape index (κ2) is 4.18. The SMILES string of the molecule is CC1CC(C)n2nc(N3CCNCC3)nc2N1. The lowest BCUT2D eigenvalue weighted by Crippen LogP contribution is -2.44. The molecule has 1 saturated heterocycles. The first-order valence-electron chi connectivity index (χ1n) is 6.43. The minimum absolute atomic E-state index is 0.436. The van der Waals surface area contributed by atoms with E-state index >= 15 is 0 Å². The molecule has 0 radical (unpaired) electrons. The van der Waals surface area contributed by atoms with Crippen LogP contribution >= 0.6 is 0 Å². The Bertz CT molecular complexity index is 395. The summed E-state index contributed by atoms with van der Waals surface area (Å²) in [6.07, 6.45) is 1.11. The van der Waals surface area contributed by atoms with Crippen molar-refractivity contribution in [3.05, 3.63) is 0 Å². The summed E-state index contributed by atoms with van der Waals surface area (Å²) in [5.74, 6) is 1.79. The second-order valence-electron chi connectivity index (χ2n) is 5.05. The van der Waals surface area contributed by atoms with Gasteiger partial charge in [0, 0.05) is 32.2 Å². The Morgan fingerprint density at radius 2 is 2.00 bits per heavy atom. The van der Waals surface area contributed by atoms with Crippen LogP contribution in [0.1, 0.15) is 26.3 Å². The van der Waals surface area contributed by atoms with Gasteiger partial charge in [0.15, 0.2) is 0 Å². The molecule has 3 rings (SSSR count). The fraction of sp³-hybridized carbons (Fsp3) is 0.818. The van der Waals surface area contributed by atoms with Crippen LogP contribution in [-0.2, 0) is 0 Å². The lowest BCUT2D eigenvalue weighted by atomic mass is 10.1. The molecule has 2 unspecified atom stereocenters. The number of hydrogen-bond donors (Lipinski definition) is 2. The summed E-state index contributed by atoms with van der Waals surface area (Å²) < 4.78 is 2.03. The standard InChI is InChI=1S/C11H20N6/c1-8-7-9(2)17-10(13-8)14-11(15-17)16-5-3-12-4-6-16/h8-9,12H,3-7H2,1-2H3,(H,13,14,15). The van der Waals surface area contributed by atoms with E-state index in [1.54, 1.807) is 0 Å². The van der Waals surface area contributed by atoms with E-state index in [0.717, 1.165) is 44.5 Å². The van der Waals surface area contributed by atoms with E-state index in [9.17, 15) is 0 Å². The van der Waals surface area contributed by atoms with Crippen molar-refractivity contribution in [1.82, 2.24) is 20.1 Å². The molecule has 0 aromatic carbocycles. The minimum atomic E-state index is 0.436. The molecule has 2 aliphatic heterocycles. The highest BCUT2D eigenvalue weighted by Gasteiger charge is 2.25. The molecule has 6 heteroatoms. The number of fused-ring (bicyclic) bond motifs is 1. The van der Waals surface area contributed by atoms with Gasteiger partial charge in [0.05, 0.1) is 6.04 Å². The van der Waals surface area contributed by atoms with Crippen molar-refractivity contribution in [1.29, 1.82) is 0 Å². The molecule has 2 aliphatic rings. The maximum absolute atomic E-state index is 4.63. The summed E-state index contributed by atoms with van der Waals surface area (Å²) >= 11 is 0. The smallest absolute Gasteiger partial charge is 0.246 e. The van der Waals surface area contributed by atoms with Crippen LogP contribution in [0.5, 0.6) is 0 Å². The van der Waals surface area contributed by atoms with Crippen molar-refractivity contribution in [3.63, 3.8) is 0 Å². The largest absolute Gasteiger partial charge is 0.352 e. The third kappa shape index (κ3) is 1.97. The molecule has 94 valence electrons. The predicted molar refractivity (Wildman–Crippen MR) is 67.5 cm³/mol. The predicted octanol–water partition coefficient (Wildman–Crippen LogP) is 0.453. The zero-order chi connectivity index (χ0) is 11.8. The van der Waals surface area contributed by atoms with Crippen molar-refractivity contribution in [2.24, 2.45) is 0 Å². The van der Waals surface area contributed by atoms with E-state index in [1.165, 1.54) is 0 Å². The monoisotopic (exact) mass is 236 g/mol. The number of rotatable bonds is 1. The van der Waals surface area contributed by atoms with Gasteiger partial charge in [0.25, 0.3) is 0 Å². The molecule has 0 amide bonds. The lowest BCUT2D eigenvalue weighted by Gasteiger charge is -2.26. The summed E-state index contributed by atoms with van der Waals surface area (Å²) in [5.41, 5.74) is 0. The summed E-state index contributed by atoms with van der Waals surface area (Å²) in [6, 6.07) is 0.919. The Morgan fingerprint density at radius 1 is 1.24 bits per heavy atom. The van der Waals surface area contributed by atoms with Gasteiger partial charge in [-0.25, -0.2) is 4.68 Å². The number of hydrogen-bond acceptors (Lipinski definition) is 5. The molecule has 17 heavy (non-hydrogen) atoms. The highest BCUT2D eigenvalue weighted by Crippen LogP contribution is 2.26. The fourth-order valence-corrected chi connectivity index (χ4v) is 2.61. The minimum Gasteiger partial charge on any atom is -0.352 e. The molecule has 0 bridgehead atoms. The Labute approximate surface area is 101 Å². The van der Waals surface area contributed by atoms with Gasteiger partial charge in [0.1, 0.15) is 0 Å². The van der Waals surface area contributed by atoms with Gasteiger partial charge in [0.2, 0.25) is 11.9 Å². The first-order valence-corrected chi connectivity index (χ1v) is 6.43. The zero-order valence-corrected chi connectivity index (χ0v) is 10.5. The Balaban J connectivity index is 1.85. The first-order chi connectivity index (χ1) is 8.24. The van der Waals surface area contributed by atoms with Crippen LogP contribution in [0.25, 0.3) is 0 Å². The zero-order valence-electron chi connectivity index (χ0n) is 10.5. The van der Waals surface area contributed by atoms with E-state index in [4.69, 9.17) is 0 Å². The third-order valence-electron chi connectivity index (χ3n) is 3.51. The van der Waals surface area contributed by atoms with E-state index in [0.29, 0.717) is 12.1 Å². The fourth-order valence-electron chi connectivity index (χ4n) is 2.61. The molecule has 1 fully saturated rings. The molecular formula is C11H20N6. The van der Waals surface area contributed by atoms with Gasteiger partial charge in [-0.15, -0.1) is 5.10 Å². The van der Waals surface area contributed by atoms with Crippen LogP contribution < -0.4 is 15.5 Å². The molecule has 1 aromatic rings. The van der Waals surface area contributed by atoms with Gasteiger partial charge in [-0.2, -0.15) is 4.98 Å². The van der Waals surface area contributed by atoms with E-state index in [2.05, 4.69) is 39.5 Å². The highest BCUT2D eigenvalue weighted by molar-refractivity contribution is 5.40. The van der Waals surface area contributed by atoms with Crippen LogP contribution in [0, 0.1) is 0 Å². The van der Waals surface area contributed by atoms with Crippen LogP contribution in [0.3, 0.4) is 0 Å². The molecular weight excluding hydrogens is 216 g/mol. The van der Waals surface area contributed by atoms with Crippen molar-refractivity contribution in [3.8, 4) is 0 Å². The van der Waals surface area contributed by atoms with Gasteiger partial charge in [-0.1, -0.05) is 0 Å². The number of aromatic nitrogens is 3. The molecule has 2 N–H and O–H groups in total. The Hall–Kier alpha value is -1.30. The van der Waals surface area contributed by atoms with Crippen molar-refractivity contribution in [2.45, 2.75) is 32.4 Å². The van der Waals surface area contributed by atoms with Crippen LogP contribution in [0.2, 0.25) is 0 Å². The number of anilines is 2. The molecule has 1 aromatic heterocycles. The Kier molecular flexibility index (Phi) is 2.66. The highest BCUT2D eigenvalue weighted by atomic mass is 15.5. The number of nitrogens with zero attached hydrogens (tertiary/aromatic N) is 4. The van der Waals surface area contributed by atoms with Gasteiger partial charge in [-0.3, -0.25) is 0 Å². The second-order valence-corrected chi connectivity index (χ2v) is 5.05. The maximum Gasteiger partial charge on any atom is 0.246 e. The number of piperazine rings is 1. The maximum atomic E-state index is 4.63. The molecule has 0 aliphatic carbocycles. The summed E-state index contributed by atoms with van der Waals surface area (Å²) in [7, 11) is 0. The lowest BCUT2D eigenvalue weighted by molar-refractivity contribution is 0.411. The molecule has 0 saturated carbocycles. The molecule has 0 spiro atoms. The average Bonchev–Trinajstić information content (AvgIpc) is 2.74. The van der Waals surface area contributed by atoms with Crippen LogP contribution in [0.15, 0.2) is 0 Å². The van der Waals surface area contributed by atoms with Crippen molar-refractivity contribution in [2.75, 3.05) is 36.4 Å².